The summed E-state index contributed by atoms with van der Waals surface area (Å²) in [7, 11) is 3.65. The van der Waals surface area contributed by atoms with E-state index in [0.29, 0.717) is 19.0 Å². The number of benzene rings is 1. The smallest absolute Gasteiger partial charge is 0.239 e. The van der Waals surface area contributed by atoms with Crippen molar-refractivity contribution >= 4 is 5.91 Å². The van der Waals surface area contributed by atoms with E-state index >= 15 is 0 Å². The molecule has 1 amide bonds. The molecular weight excluding hydrogens is 232 g/mol. The molecule has 0 saturated heterocycles. The zero-order valence-corrected chi connectivity index (χ0v) is 10.9. The minimum Gasteiger partial charge on any atom is -0.486 e. The molecule has 0 saturated carbocycles. The second-order valence-electron chi connectivity index (χ2n) is 4.62. The largest absolute Gasteiger partial charge is 0.486 e. The summed E-state index contributed by atoms with van der Waals surface area (Å²) in [6, 6.07) is 3.28. The molecule has 0 bridgehead atoms. The van der Waals surface area contributed by atoms with Gasteiger partial charge < -0.3 is 15.2 Å². The van der Waals surface area contributed by atoms with Crippen molar-refractivity contribution in [2.45, 2.75) is 13.0 Å². The molecule has 18 heavy (non-hydrogen) atoms. The van der Waals surface area contributed by atoms with Gasteiger partial charge in [0.15, 0.2) is 11.5 Å². The average molecular weight is 250 g/mol. The molecule has 1 aliphatic heterocycles. The van der Waals surface area contributed by atoms with Gasteiger partial charge >= 0.3 is 0 Å². The van der Waals surface area contributed by atoms with Gasteiger partial charge in [-0.2, -0.15) is 0 Å². The predicted octanol–water partition coefficient (Wildman–Crippen LogP) is 0.854. The fraction of sp³-hybridized carbons (Fsp3) is 0.462. The lowest BCUT2D eigenvalue weighted by atomic mass is 9.99. The number of likely N-dealkylation sites (N-methyl/N-ethyl adjacent to an activating group) is 1. The fourth-order valence-corrected chi connectivity index (χ4v) is 2.19. The van der Waals surface area contributed by atoms with Gasteiger partial charge in [-0.25, -0.2) is 0 Å². The summed E-state index contributed by atoms with van der Waals surface area (Å²) in [6.45, 7) is 3.02. The van der Waals surface area contributed by atoms with E-state index in [-0.39, 0.29) is 5.91 Å². The molecule has 0 radical (unpaired) electrons. The SMILES string of the molecule is Cc1cc2c(cc1C(C(N)=O)N(C)C)OCCO2. The Morgan fingerprint density at radius 3 is 2.33 bits per heavy atom. The van der Waals surface area contributed by atoms with Crippen LogP contribution in [0.3, 0.4) is 0 Å². The normalized spacial score (nSPS) is 15.6. The quantitative estimate of drug-likeness (QED) is 0.864. The van der Waals surface area contributed by atoms with Crippen LogP contribution in [0, 0.1) is 6.92 Å². The molecule has 5 nitrogen and oxygen atoms in total. The third kappa shape index (κ3) is 2.26. The van der Waals surface area contributed by atoms with Crippen molar-refractivity contribution in [1.29, 1.82) is 0 Å². The first kappa shape index (κ1) is 12.7. The van der Waals surface area contributed by atoms with Gasteiger partial charge in [0.05, 0.1) is 0 Å². The second kappa shape index (κ2) is 4.86. The molecule has 1 heterocycles. The molecule has 5 heteroatoms. The number of aryl methyl sites for hydroxylation is 1. The fourth-order valence-electron chi connectivity index (χ4n) is 2.19. The number of amides is 1. The second-order valence-corrected chi connectivity index (χ2v) is 4.62. The highest BCUT2D eigenvalue weighted by atomic mass is 16.6. The van der Waals surface area contributed by atoms with E-state index in [9.17, 15) is 4.79 Å². The summed E-state index contributed by atoms with van der Waals surface area (Å²) >= 11 is 0. The number of carbonyl (C=O) groups is 1. The molecule has 1 unspecified atom stereocenters. The van der Waals surface area contributed by atoms with Crippen LogP contribution in [0.4, 0.5) is 0 Å². The predicted molar refractivity (Wildman–Crippen MR) is 67.8 cm³/mol. The summed E-state index contributed by atoms with van der Waals surface area (Å²) in [5, 5.41) is 0. The summed E-state index contributed by atoms with van der Waals surface area (Å²) in [6.07, 6.45) is 0. The highest BCUT2D eigenvalue weighted by Gasteiger charge is 2.25. The Morgan fingerprint density at radius 1 is 1.28 bits per heavy atom. The number of ether oxygens (including phenoxy) is 2. The Hall–Kier alpha value is -1.75. The number of nitrogens with two attached hydrogens (primary N) is 1. The first-order valence-corrected chi connectivity index (χ1v) is 5.86. The van der Waals surface area contributed by atoms with Crippen LogP contribution in [-0.2, 0) is 4.79 Å². The van der Waals surface area contributed by atoms with Crippen molar-refractivity contribution < 1.29 is 14.3 Å². The first-order valence-electron chi connectivity index (χ1n) is 5.86. The topological polar surface area (TPSA) is 64.8 Å². The van der Waals surface area contributed by atoms with E-state index in [4.69, 9.17) is 15.2 Å². The highest BCUT2D eigenvalue weighted by Crippen LogP contribution is 2.36. The Morgan fingerprint density at radius 2 is 1.83 bits per heavy atom. The van der Waals surface area contributed by atoms with Crippen LogP contribution in [0.5, 0.6) is 11.5 Å². The summed E-state index contributed by atoms with van der Waals surface area (Å²) in [5.41, 5.74) is 7.29. The Bertz CT molecular complexity index is 472. The van der Waals surface area contributed by atoms with Gasteiger partial charge in [-0.3, -0.25) is 9.69 Å². The maximum absolute atomic E-state index is 11.6. The minimum absolute atomic E-state index is 0.375. The minimum atomic E-state index is -0.458. The van der Waals surface area contributed by atoms with Gasteiger partial charge in [-0.05, 0) is 44.3 Å². The molecule has 1 aliphatic rings. The van der Waals surface area contributed by atoms with Crippen molar-refractivity contribution in [2.24, 2.45) is 5.73 Å². The third-order valence-corrected chi connectivity index (χ3v) is 3.01. The number of nitrogens with zero attached hydrogens (tertiary/aromatic N) is 1. The number of rotatable bonds is 3. The van der Waals surface area contributed by atoms with Gasteiger partial charge in [-0.15, -0.1) is 0 Å². The maximum atomic E-state index is 11.6. The lowest BCUT2D eigenvalue weighted by Crippen LogP contribution is -2.33. The van der Waals surface area contributed by atoms with Crippen LogP contribution in [0.15, 0.2) is 12.1 Å². The lowest BCUT2D eigenvalue weighted by Gasteiger charge is -2.26. The maximum Gasteiger partial charge on any atom is 0.239 e. The van der Waals surface area contributed by atoms with Crippen LogP contribution in [0.2, 0.25) is 0 Å². The molecule has 1 aromatic rings. The highest BCUT2D eigenvalue weighted by molar-refractivity contribution is 5.82. The molecule has 1 aromatic carbocycles. The number of hydrogen-bond acceptors (Lipinski definition) is 4. The Kier molecular flexibility index (Phi) is 3.43. The number of primary amides is 1. The molecule has 0 aromatic heterocycles. The molecule has 0 aliphatic carbocycles. The number of fused-ring (bicyclic) bond motifs is 1. The third-order valence-electron chi connectivity index (χ3n) is 3.01. The summed E-state index contributed by atoms with van der Waals surface area (Å²) in [5.74, 6) is 1.03. The molecule has 1 atom stereocenters. The molecular formula is C13H18N2O3. The van der Waals surface area contributed by atoms with E-state index in [0.717, 1.165) is 16.9 Å². The van der Waals surface area contributed by atoms with E-state index in [2.05, 4.69) is 0 Å². The average Bonchev–Trinajstić information content (AvgIpc) is 2.29. The van der Waals surface area contributed by atoms with Crippen molar-refractivity contribution in [3.8, 4) is 11.5 Å². The van der Waals surface area contributed by atoms with Gasteiger partial charge in [0.25, 0.3) is 0 Å². The van der Waals surface area contributed by atoms with E-state index < -0.39 is 6.04 Å². The van der Waals surface area contributed by atoms with Crippen LogP contribution >= 0.6 is 0 Å². The van der Waals surface area contributed by atoms with Gasteiger partial charge in [0, 0.05) is 0 Å². The summed E-state index contributed by atoms with van der Waals surface area (Å²) < 4.78 is 11.0. The molecule has 2 N–H and O–H groups in total. The van der Waals surface area contributed by atoms with E-state index in [1.807, 2.05) is 33.2 Å². The monoisotopic (exact) mass is 250 g/mol. The van der Waals surface area contributed by atoms with Gasteiger partial charge in [0.2, 0.25) is 5.91 Å². The summed E-state index contributed by atoms with van der Waals surface area (Å²) in [4.78, 5) is 13.4. The molecule has 0 fully saturated rings. The van der Waals surface area contributed by atoms with Gasteiger partial charge in [-0.1, -0.05) is 0 Å². The standard InChI is InChI=1S/C13H18N2O3/c1-8-6-10-11(18-5-4-17-10)7-9(8)12(13(14)16)15(2)3/h6-7,12H,4-5H2,1-3H3,(H2,14,16). The number of hydrogen-bond donors (Lipinski definition) is 1. The zero-order valence-electron chi connectivity index (χ0n) is 10.9. The van der Waals surface area contributed by atoms with E-state index in [1.54, 1.807) is 4.90 Å². The Labute approximate surface area is 106 Å². The zero-order chi connectivity index (χ0) is 13.3. The van der Waals surface area contributed by atoms with Crippen molar-refractivity contribution in [3.05, 3.63) is 23.3 Å². The van der Waals surface area contributed by atoms with Crippen LogP contribution < -0.4 is 15.2 Å². The lowest BCUT2D eigenvalue weighted by molar-refractivity contribution is -0.122. The van der Waals surface area contributed by atoms with E-state index in [1.165, 1.54) is 0 Å². The van der Waals surface area contributed by atoms with Crippen LogP contribution in [-0.4, -0.2) is 38.1 Å². The first-order chi connectivity index (χ1) is 8.50. The number of carbonyl (C=O) groups excluding carboxylic acids is 1. The molecule has 98 valence electrons. The van der Waals surface area contributed by atoms with Crippen molar-refractivity contribution in [2.75, 3.05) is 27.3 Å². The van der Waals surface area contributed by atoms with Crippen molar-refractivity contribution in [3.63, 3.8) is 0 Å². The van der Waals surface area contributed by atoms with Crippen LogP contribution in [0.25, 0.3) is 0 Å². The molecule has 0 spiro atoms. The van der Waals surface area contributed by atoms with Crippen molar-refractivity contribution in [1.82, 2.24) is 4.90 Å². The Balaban J connectivity index is 2.46. The van der Waals surface area contributed by atoms with Crippen LogP contribution in [0.1, 0.15) is 17.2 Å². The molecule has 2 rings (SSSR count). The van der Waals surface area contributed by atoms with Gasteiger partial charge in [0.1, 0.15) is 19.3 Å².